The Labute approximate surface area is 177 Å². The second-order valence-electron chi connectivity index (χ2n) is 7.93. The van der Waals surface area contributed by atoms with E-state index in [1.807, 2.05) is 30.3 Å². The number of phenols is 1. The molecule has 0 saturated heterocycles. The highest BCUT2D eigenvalue weighted by molar-refractivity contribution is 5.68. The predicted molar refractivity (Wildman–Crippen MR) is 121 cm³/mol. The SMILES string of the molecule is Oc1ccc2c(c1)CCc1ccc(cc1)Oc1cccc(c1)CCc1ccc-2cc1. The molecule has 8 rings (SSSR count). The highest BCUT2D eigenvalue weighted by Crippen LogP contribution is 2.30. The molecule has 6 bridgehead atoms. The summed E-state index contributed by atoms with van der Waals surface area (Å²) < 4.78 is 6.08. The van der Waals surface area contributed by atoms with Crippen LogP contribution in [-0.2, 0) is 25.7 Å². The number of aryl methyl sites for hydroxylation is 4. The van der Waals surface area contributed by atoms with Crippen LogP contribution >= 0.6 is 0 Å². The number of aromatic hydroxyl groups is 1. The van der Waals surface area contributed by atoms with Gasteiger partial charge >= 0.3 is 0 Å². The summed E-state index contributed by atoms with van der Waals surface area (Å²) in [6.45, 7) is 0. The summed E-state index contributed by atoms with van der Waals surface area (Å²) in [5.41, 5.74) is 7.39. The lowest BCUT2D eigenvalue weighted by atomic mass is 9.93. The Morgan fingerprint density at radius 3 is 2.07 bits per heavy atom. The molecular weight excluding hydrogens is 368 g/mol. The molecule has 0 aliphatic carbocycles. The average Bonchev–Trinajstić information content (AvgIpc) is 2.78. The van der Waals surface area contributed by atoms with Crippen LogP contribution in [0.4, 0.5) is 0 Å². The third-order valence-corrected chi connectivity index (χ3v) is 5.80. The van der Waals surface area contributed by atoms with E-state index in [1.54, 1.807) is 6.07 Å². The van der Waals surface area contributed by atoms with E-state index in [2.05, 4.69) is 54.6 Å². The average molecular weight is 392 g/mol. The fourth-order valence-corrected chi connectivity index (χ4v) is 4.11. The molecule has 0 unspecified atom stereocenters. The van der Waals surface area contributed by atoms with Gasteiger partial charge < -0.3 is 9.84 Å². The summed E-state index contributed by atoms with van der Waals surface area (Å²) in [6.07, 6.45) is 3.73. The van der Waals surface area contributed by atoms with Crippen LogP contribution in [0.15, 0.2) is 91.0 Å². The summed E-state index contributed by atoms with van der Waals surface area (Å²) in [5, 5.41) is 10.0. The minimum absolute atomic E-state index is 0.317. The number of hydrogen-bond acceptors (Lipinski definition) is 2. The van der Waals surface area contributed by atoms with Crippen LogP contribution in [0.2, 0.25) is 0 Å². The molecule has 0 saturated carbocycles. The van der Waals surface area contributed by atoms with Gasteiger partial charge in [-0.15, -0.1) is 0 Å². The molecule has 0 spiro atoms. The molecule has 30 heavy (non-hydrogen) atoms. The van der Waals surface area contributed by atoms with Crippen molar-refractivity contribution in [1.29, 1.82) is 0 Å². The zero-order valence-corrected chi connectivity index (χ0v) is 16.8. The largest absolute Gasteiger partial charge is 0.508 e. The van der Waals surface area contributed by atoms with Crippen LogP contribution in [0.1, 0.15) is 22.3 Å². The van der Waals surface area contributed by atoms with Gasteiger partial charge in [-0.25, -0.2) is 0 Å². The highest BCUT2D eigenvalue weighted by atomic mass is 16.5. The molecule has 4 aromatic rings. The standard InChI is InChI=1S/C28H24O2/c29-25-14-17-28-23-11-6-20(7-12-23)4-5-22-2-1-3-27(18-22)30-26-15-9-21(10-16-26)8-13-24(28)19-25/h1-3,6-7,9-12,14-19,29H,4-5,8,13H2. The fraction of sp³-hybridized carbons (Fsp3) is 0.143. The molecule has 0 atom stereocenters. The van der Waals surface area contributed by atoms with E-state index in [-0.39, 0.29) is 0 Å². The molecule has 0 aromatic heterocycles. The minimum Gasteiger partial charge on any atom is -0.508 e. The van der Waals surface area contributed by atoms with Crippen molar-refractivity contribution < 1.29 is 9.84 Å². The second-order valence-corrected chi connectivity index (χ2v) is 7.93. The molecule has 2 heteroatoms. The van der Waals surface area contributed by atoms with Gasteiger partial charge in [-0.3, -0.25) is 0 Å². The lowest BCUT2D eigenvalue weighted by Gasteiger charge is -2.13. The van der Waals surface area contributed by atoms with Crippen molar-refractivity contribution in [3.8, 4) is 28.4 Å². The van der Waals surface area contributed by atoms with Crippen molar-refractivity contribution in [3.05, 3.63) is 113 Å². The van der Waals surface area contributed by atoms with E-state index in [1.165, 1.54) is 33.4 Å². The molecule has 4 heterocycles. The molecule has 0 fully saturated rings. The van der Waals surface area contributed by atoms with E-state index in [0.717, 1.165) is 37.2 Å². The molecule has 0 amide bonds. The third-order valence-electron chi connectivity index (χ3n) is 5.80. The molecule has 1 N–H and O–H groups in total. The Morgan fingerprint density at radius 2 is 1.27 bits per heavy atom. The molecule has 148 valence electrons. The molecule has 0 radical (unpaired) electrons. The van der Waals surface area contributed by atoms with Gasteiger partial charge in [0.15, 0.2) is 0 Å². The van der Waals surface area contributed by atoms with Gasteiger partial charge in [-0.1, -0.05) is 54.6 Å². The van der Waals surface area contributed by atoms with Gasteiger partial charge in [0.05, 0.1) is 0 Å². The van der Waals surface area contributed by atoms with E-state index in [9.17, 15) is 5.11 Å². The van der Waals surface area contributed by atoms with Crippen LogP contribution < -0.4 is 4.74 Å². The number of benzene rings is 4. The first-order chi connectivity index (χ1) is 14.7. The van der Waals surface area contributed by atoms with Gasteiger partial charge in [-0.2, -0.15) is 0 Å². The summed E-state index contributed by atoms with van der Waals surface area (Å²) in [7, 11) is 0. The van der Waals surface area contributed by atoms with Crippen molar-refractivity contribution in [2.45, 2.75) is 25.7 Å². The maximum absolute atomic E-state index is 10.0. The first-order valence-corrected chi connectivity index (χ1v) is 10.5. The molecular formula is C28H24O2. The quantitative estimate of drug-likeness (QED) is 0.359. The Hall–Kier alpha value is -3.52. The van der Waals surface area contributed by atoms with Crippen molar-refractivity contribution >= 4 is 0 Å². The Balaban J connectivity index is 1.54. The lowest BCUT2D eigenvalue weighted by Crippen LogP contribution is -1.96. The summed E-state index contributed by atoms with van der Waals surface area (Å²) in [6, 6.07) is 31.2. The highest BCUT2D eigenvalue weighted by Gasteiger charge is 2.09. The van der Waals surface area contributed by atoms with Gasteiger partial charge in [0.25, 0.3) is 0 Å². The Kier molecular flexibility index (Phi) is 4.98. The fourth-order valence-electron chi connectivity index (χ4n) is 4.11. The van der Waals surface area contributed by atoms with Crippen LogP contribution in [0.5, 0.6) is 17.2 Å². The Morgan fingerprint density at radius 1 is 0.567 bits per heavy atom. The van der Waals surface area contributed by atoms with Crippen LogP contribution in [0.3, 0.4) is 0 Å². The number of phenolic OH excluding ortho intramolecular Hbond substituents is 1. The zero-order valence-electron chi connectivity index (χ0n) is 16.8. The van der Waals surface area contributed by atoms with E-state index < -0.39 is 0 Å². The minimum atomic E-state index is 0.317. The summed E-state index contributed by atoms with van der Waals surface area (Å²) in [4.78, 5) is 0. The van der Waals surface area contributed by atoms with E-state index in [4.69, 9.17) is 4.74 Å². The van der Waals surface area contributed by atoms with E-state index in [0.29, 0.717) is 5.75 Å². The van der Waals surface area contributed by atoms with Gasteiger partial charge in [-0.05, 0) is 95.5 Å². The van der Waals surface area contributed by atoms with Crippen molar-refractivity contribution in [2.75, 3.05) is 0 Å². The number of ether oxygens (including phenoxy) is 1. The lowest BCUT2D eigenvalue weighted by molar-refractivity contribution is 0.474. The molecule has 4 aliphatic heterocycles. The van der Waals surface area contributed by atoms with Gasteiger partial charge in [0.1, 0.15) is 17.2 Å². The van der Waals surface area contributed by atoms with Crippen molar-refractivity contribution in [3.63, 3.8) is 0 Å². The topological polar surface area (TPSA) is 29.5 Å². The summed E-state index contributed by atoms with van der Waals surface area (Å²) in [5.74, 6) is 2.04. The van der Waals surface area contributed by atoms with Crippen LogP contribution in [0, 0.1) is 0 Å². The third kappa shape index (κ3) is 4.08. The van der Waals surface area contributed by atoms with Gasteiger partial charge in [0.2, 0.25) is 0 Å². The molecule has 4 aromatic carbocycles. The number of rotatable bonds is 0. The monoisotopic (exact) mass is 392 g/mol. The van der Waals surface area contributed by atoms with Gasteiger partial charge in [0, 0.05) is 0 Å². The van der Waals surface area contributed by atoms with E-state index >= 15 is 0 Å². The molecule has 2 nitrogen and oxygen atoms in total. The predicted octanol–water partition coefficient (Wildman–Crippen LogP) is 6.74. The van der Waals surface area contributed by atoms with Crippen LogP contribution in [0.25, 0.3) is 11.1 Å². The number of hydrogen-bond donors (Lipinski definition) is 1. The smallest absolute Gasteiger partial charge is 0.127 e. The molecule has 4 aliphatic rings. The first-order valence-electron chi connectivity index (χ1n) is 10.5. The van der Waals surface area contributed by atoms with Crippen molar-refractivity contribution in [2.24, 2.45) is 0 Å². The normalized spacial score (nSPS) is 13.2. The van der Waals surface area contributed by atoms with Crippen molar-refractivity contribution in [1.82, 2.24) is 0 Å². The Bertz CT molecular complexity index is 1160. The first kappa shape index (κ1) is 18.5. The maximum Gasteiger partial charge on any atom is 0.127 e. The second kappa shape index (κ2) is 8.08. The zero-order chi connectivity index (χ0) is 20.3. The van der Waals surface area contributed by atoms with Crippen LogP contribution in [-0.4, -0.2) is 5.11 Å². The summed E-state index contributed by atoms with van der Waals surface area (Å²) >= 11 is 0. The maximum atomic E-state index is 10.0.